The predicted molar refractivity (Wildman–Crippen MR) is 197 cm³/mol. The molecule has 0 radical (unpaired) electrons. The van der Waals surface area contributed by atoms with Gasteiger partial charge in [-0.25, -0.2) is 5.01 Å². The molecule has 0 unspecified atom stereocenters. The lowest BCUT2D eigenvalue weighted by molar-refractivity contribution is 0.0675. The van der Waals surface area contributed by atoms with Crippen LogP contribution < -0.4 is 25.7 Å². The van der Waals surface area contributed by atoms with E-state index >= 15 is 0 Å². The summed E-state index contributed by atoms with van der Waals surface area (Å²) in [7, 11) is 0. The lowest BCUT2D eigenvalue weighted by atomic mass is 9.75. The lowest BCUT2D eigenvalue weighted by Crippen LogP contribution is -2.44. The summed E-state index contributed by atoms with van der Waals surface area (Å²) in [4.78, 5) is 32.9. The average Bonchev–Trinajstić information content (AvgIpc) is 3.34. The highest BCUT2D eigenvalue weighted by Crippen LogP contribution is 2.58. The van der Waals surface area contributed by atoms with E-state index in [0.717, 1.165) is 65.4 Å². The molecule has 250 valence electrons. The highest BCUT2D eigenvalue weighted by Gasteiger charge is 2.57. The predicted octanol–water partition coefficient (Wildman–Crippen LogP) is 7.57. The minimum absolute atomic E-state index is 0.0665. The van der Waals surface area contributed by atoms with Gasteiger partial charge in [-0.05, 0) is 83.0 Å². The van der Waals surface area contributed by atoms with E-state index in [0.29, 0.717) is 28.0 Å². The van der Waals surface area contributed by atoms with E-state index in [-0.39, 0.29) is 22.8 Å². The lowest BCUT2D eigenvalue weighted by Gasteiger charge is -2.42. The molecule has 0 fully saturated rings. The third kappa shape index (κ3) is 4.78. The zero-order chi connectivity index (χ0) is 34.6. The fraction of sp³-hybridized carbons (Fsp3) is 0.275. The van der Waals surface area contributed by atoms with Crippen LogP contribution in [0.5, 0.6) is 11.5 Å². The third-order valence-electron chi connectivity index (χ3n) is 10.1. The number of carbonyl (C=O) groups is 1. The molecule has 7 rings (SSSR count). The van der Waals surface area contributed by atoms with Crippen molar-refractivity contribution >= 4 is 40.3 Å². The Kier molecular flexibility index (Phi) is 7.93. The van der Waals surface area contributed by atoms with Crippen molar-refractivity contribution in [2.24, 2.45) is 5.10 Å². The summed E-state index contributed by atoms with van der Waals surface area (Å²) >= 11 is 0. The van der Waals surface area contributed by atoms with Gasteiger partial charge in [0.15, 0.2) is 0 Å². The van der Waals surface area contributed by atoms with E-state index in [1.165, 1.54) is 11.2 Å². The molecule has 2 aliphatic heterocycles. The van der Waals surface area contributed by atoms with Crippen LogP contribution in [0.3, 0.4) is 0 Å². The number of anilines is 3. The Hall–Kier alpha value is -5.57. The van der Waals surface area contributed by atoms with E-state index in [4.69, 9.17) is 20.0 Å². The number of ether oxygens (including phenoxy) is 1. The van der Waals surface area contributed by atoms with Crippen molar-refractivity contribution in [3.8, 4) is 11.5 Å². The molecule has 0 bridgehead atoms. The standard InChI is InChI=1S/C40H41N5O4/c1-7-43(8-2)26-15-17-32-35(21-26)48-36-22-27(44(9-3)10-4)16-18-33(36)40(32)31-14-12-11-13-28(31)39(47)45(40)42-23-30-37(46)29-19-24(5)25(6)20-34(29)49-38(30)41/h11-23H,7-10,41H2,1-6H3/b42-23+. The van der Waals surface area contributed by atoms with Gasteiger partial charge >= 0.3 is 0 Å². The summed E-state index contributed by atoms with van der Waals surface area (Å²) in [6, 6.07) is 23.5. The number of hydrogen-bond acceptors (Lipinski definition) is 8. The number of nitrogens with zero attached hydrogens (tertiary/aromatic N) is 4. The fourth-order valence-corrected chi connectivity index (χ4v) is 7.37. The van der Waals surface area contributed by atoms with Gasteiger partial charge in [0.1, 0.15) is 28.2 Å². The van der Waals surface area contributed by atoms with Crippen LogP contribution in [0.4, 0.5) is 17.3 Å². The number of hydrazone groups is 1. The Morgan fingerprint density at radius 2 is 1.35 bits per heavy atom. The average molecular weight is 656 g/mol. The molecule has 49 heavy (non-hydrogen) atoms. The number of nitrogen functional groups attached to an aromatic ring is 1. The topological polar surface area (TPSA) is 105 Å². The summed E-state index contributed by atoms with van der Waals surface area (Å²) < 4.78 is 12.7. The first-order valence-corrected chi connectivity index (χ1v) is 17.0. The first-order chi connectivity index (χ1) is 23.7. The first-order valence-electron chi connectivity index (χ1n) is 17.0. The van der Waals surface area contributed by atoms with Gasteiger partial charge in [0.2, 0.25) is 11.3 Å². The van der Waals surface area contributed by atoms with Crippen LogP contribution in [0.2, 0.25) is 0 Å². The van der Waals surface area contributed by atoms with Gasteiger partial charge in [0.05, 0.1) is 11.6 Å². The number of amides is 1. The molecular formula is C40H41N5O4. The van der Waals surface area contributed by atoms with Crippen molar-refractivity contribution in [3.63, 3.8) is 0 Å². The van der Waals surface area contributed by atoms with Gasteiger partial charge in [0.25, 0.3) is 5.91 Å². The molecule has 0 atom stereocenters. The Labute approximate surface area is 286 Å². The zero-order valence-corrected chi connectivity index (χ0v) is 28.8. The molecule has 0 saturated carbocycles. The van der Waals surface area contributed by atoms with Gasteiger partial charge in [-0.3, -0.25) is 9.59 Å². The quantitative estimate of drug-likeness (QED) is 0.172. The van der Waals surface area contributed by atoms with Crippen LogP contribution in [0.25, 0.3) is 11.0 Å². The van der Waals surface area contributed by atoms with Crippen molar-refractivity contribution in [2.75, 3.05) is 41.7 Å². The van der Waals surface area contributed by atoms with Crippen molar-refractivity contribution in [1.82, 2.24) is 5.01 Å². The molecule has 9 heteroatoms. The van der Waals surface area contributed by atoms with Crippen molar-refractivity contribution < 1.29 is 13.9 Å². The zero-order valence-electron chi connectivity index (χ0n) is 28.8. The van der Waals surface area contributed by atoms with Crippen LogP contribution in [0.1, 0.15) is 71.4 Å². The molecule has 2 aliphatic rings. The van der Waals surface area contributed by atoms with Crippen LogP contribution in [0.15, 0.2) is 87.1 Å². The fourth-order valence-electron chi connectivity index (χ4n) is 7.37. The van der Waals surface area contributed by atoms with Gasteiger partial charge in [-0.1, -0.05) is 30.3 Å². The van der Waals surface area contributed by atoms with Crippen LogP contribution in [0, 0.1) is 13.8 Å². The number of hydrogen-bond donors (Lipinski definition) is 1. The molecule has 5 aromatic rings. The molecule has 1 amide bonds. The maximum absolute atomic E-state index is 14.5. The summed E-state index contributed by atoms with van der Waals surface area (Å²) in [5.41, 5.74) is 12.1. The van der Waals surface area contributed by atoms with Crippen LogP contribution in [-0.4, -0.2) is 43.3 Å². The normalized spacial score (nSPS) is 14.2. The maximum atomic E-state index is 14.5. The highest BCUT2D eigenvalue weighted by atomic mass is 16.5. The van der Waals surface area contributed by atoms with E-state index in [2.05, 4.69) is 49.6 Å². The maximum Gasteiger partial charge on any atom is 0.275 e. The van der Waals surface area contributed by atoms with Gasteiger partial charge in [0, 0.05) is 71.9 Å². The molecule has 0 aliphatic carbocycles. The second-order valence-corrected chi connectivity index (χ2v) is 12.6. The SMILES string of the molecule is CCN(CC)c1ccc2c(c1)Oc1cc(N(CC)CC)ccc1C21c2ccccc2C(=O)N1/N=C/c1c(N)oc2cc(C)c(C)cc2c1=O. The minimum Gasteiger partial charge on any atom is -0.456 e. The van der Waals surface area contributed by atoms with Crippen molar-refractivity contribution in [3.05, 3.63) is 122 Å². The Bertz CT molecular complexity index is 2150. The first kappa shape index (κ1) is 32.0. The molecule has 0 saturated heterocycles. The molecule has 2 N–H and O–H groups in total. The molecule has 9 nitrogen and oxygen atoms in total. The monoisotopic (exact) mass is 655 g/mol. The van der Waals surface area contributed by atoms with Gasteiger partial charge < -0.3 is 24.7 Å². The second kappa shape index (κ2) is 12.1. The number of benzene rings is 4. The number of carbonyl (C=O) groups excluding carboxylic acids is 1. The molecule has 3 heterocycles. The second-order valence-electron chi connectivity index (χ2n) is 12.6. The van der Waals surface area contributed by atoms with E-state index in [1.807, 2.05) is 68.4 Å². The van der Waals surface area contributed by atoms with Crippen molar-refractivity contribution in [1.29, 1.82) is 0 Å². The molecule has 1 spiro atoms. The smallest absolute Gasteiger partial charge is 0.275 e. The van der Waals surface area contributed by atoms with Crippen molar-refractivity contribution in [2.45, 2.75) is 47.1 Å². The molecule has 4 aromatic carbocycles. The molecular weight excluding hydrogens is 614 g/mol. The third-order valence-corrected chi connectivity index (χ3v) is 10.1. The summed E-state index contributed by atoms with van der Waals surface area (Å²) in [6.45, 7) is 15.7. The number of rotatable bonds is 8. The van der Waals surface area contributed by atoms with Gasteiger partial charge in [-0.2, -0.15) is 5.10 Å². The Morgan fingerprint density at radius 1 is 0.776 bits per heavy atom. The van der Waals surface area contributed by atoms with E-state index in [9.17, 15) is 9.59 Å². The number of nitrogens with two attached hydrogens (primary N) is 1. The largest absolute Gasteiger partial charge is 0.456 e. The van der Waals surface area contributed by atoms with E-state index in [1.54, 1.807) is 6.07 Å². The van der Waals surface area contributed by atoms with E-state index < -0.39 is 5.54 Å². The van der Waals surface area contributed by atoms with Crippen LogP contribution >= 0.6 is 0 Å². The summed E-state index contributed by atoms with van der Waals surface area (Å²) in [5.74, 6) is 0.896. The highest BCUT2D eigenvalue weighted by molar-refractivity contribution is 6.03. The molecule has 1 aromatic heterocycles. The Balaban J connectivity index is 1.50. The number of aryl methyl sites for hydroxylation is 2. The minimum atomic E-state index is -1.20. The summed E-state index contributed by atoms with van der Waals surface area (Å²) in [6.07, 6.45) is 1.37. The van der Waals surface area contributed by atoms with Crippen LogP contribution in [-0.2, 0) is 5.54 Å². The Morgan fingerprint density at radius 3 is 1.94 bits per heavy atom. The number of fused-ring (bicyclic) bond motifs is 7. The summed E-state index contributed by atoms with van der Waals surface area (Å²) in [5, 5.41) is 6.74. The van der Waals surface area contributed by atoms with Gasteiger partial charge in [-0.15, -0.1) is 0 Å².